The fraction of sp³-hybridized carbons (Fsp3) is 0.471. The molecule has 2 aromatic rings. The van der Waals surface area contributed by atoms with Gasteiger partial charge >= 0.3 is 5.63 Å². The maximum absolute atomic E-state index is 11.8. The van der Waals surface area contributed by atoms with Crippen LogP contribution in [0.15, 0.2) is 27.4 Å². The van der Waals surface area contributed by atoms with E-state index in [-0.39, 0.29) is 5.63 Å². The lowest BCUT2D eigenvalue weighted by Crippen LogP contribution is -3.11. The van der Waals surface area contributed by atoms with E-state index in [0.717, 1.165) is 28.6 Å². The number of aryl methyl sites for hydroxylation is 2. The largest absolute Gasteiger partial charge is 0.423 e. The summed E-state index contributed by atoms with van der Waals surface area (Å²) < 4.78 is 5.39. The van der Waals surface area contributed by atoms with E-state index < -0.39 is 0 Å². The molecule has 3 nitrogen and oxygen atoms in total. The zero-order valence-electron chi connectivity index (χ0n) is 12.3. The molecule has 1 N–H and O–H groups in total. The van der Waals surface area contributed by atoms with Crippen LogP contribution in [-0.4, -0.2) is 13.1 Å². The lowest BCUT2D eigenvalue weighted by atomic mass is 10.0. The summed E-state index contributed by atoms with van der Waals surface area (Å²) >= 11 is 0. The molecule has 1 aromatic heterocycles. The van der Waals surface area contributed by atoms with Gasteiger partial charge in [0.15, 0.2) is 0 Å². The van der Waals surface area contributed by atoms with E-state index in [9.17, 15) is 4.79 Å². The summed E-state index contributed by atoms with van der Waals surface area (Å²) in [7, 11) is 0. The Balaban J connectivity index is 2.06. The summed E-state index contributed by atoms with van der Waals surface area (Å²) in [5.41, 5.74) is 4.00. The Morgan fingerprint density at radius 3 is 2.60 bits per heavy atom. The summed E-state index contributed by atoms with van der Waals surface area (Å²) in [6.45, 7) is 7.50. The van der Waals surface area contributed by atoms with Crippen LogP contribution >= 0.6 is 0 Å². The Morgan fingerprint density at radius 2 is 1.85 bits per heavy atom. The molecule has 0 atom stereocenters. The molecule has 1 fully saturated rings. The van der Waals surface area contributed by atoms with Gasteiger partial charge in [-0.1, -0.05) is 6.07 Å². The third-order valence-corrected chi connectivity index (χ3v) is 4.27. The van der Waals surface area contributed by atoms with Crippen molar-refractivity contribution in [2.45, 2.75) is 39.7 Å². The summed E-state index contributed by atoms with van der Waals surface area (Å²) in [6, 6.07) is 5.82. The number of quaternary nitrogens is 1. The van der Waals surface area contributed by atoms with Gasteiger partial charge in [-0.3, -0.25) is 0 Å². The lowest BCUT2D eigenvalue weighted by Gasteiger charge is -2.24. The Morgan fingerprint density at radius 1 is 1.10 bits per heavy atom. The number of rotatable bonds is 2. The van der Waals surface area contributed by atoms with Gasteiger partial charge in [0.25, 0.3) is 0 Å². The summed E-state index contributed by atoms with van der Waals surface area (Å²) in [6.07, 6.45) is 3.94. The van der Waals surface area contributed by atoms with Gasteiger partial charge in [-0.15, -0.1) is 0 Å². The van der Waals surface area contributed by atoms with Crippen LogP contribution in [0.2, 0.25) is 0 Å². The van der Waals surface area contributed by atoms with Gasteiger partial charge < -0.3 is 9.32 Å². The van der Waals surface area contributed by atoms with Crippen molar-refractivity contribution in [3.8, 4) is 0 Å². The van der Waals surface area contributed by atoms with Crippen molar-refractivity contribution in [3.05, 3.63) is 45.3 Å². The van der Waals surface area contributed by atoms with Crippen molar-refractivity contribution in [3.63, 3.8) is 0 Å². The van der Waals surface area contributed by atoms with Crippen molar-refractivity contribution in [1.29, 1.82) is 0 Å². The molecule has 1 aromatic carbocycles. The molecule has 2 heterocycles. The van der Waals surface area contributed by atoms with Crippen molar-refractivity contribution in [2.75, 3.05) is 13.1 Å². The van der Waals surface area contributed by atoms with E-state index in [2.05, 4.69) is 13.0 Å². The molecule has 0 amide bonds. The van der Waals surface area contributed by atoms with Crippen molar-refractivity contribution in [2.24, 2.45) is 0 Å². The van der Waals surface area contributed by atoms with E-state index in [1.54, 1.807) is 11.0 Å². The third-order valence-electron chi connectivity index (χ3n) is 4.27. The topological polar surface area (TPSA) is 34.7 Å². The molecule has 0 spiro atoms. The zero-order valence-corrected chi connectivity index (χ0v) is 12.3. The maximum atomic E-state index is 11.8. The molecule has 0 bridgehead atoms. The fourth-order valence-corrected chi connectivity index (χ4v) is 3.41. The molecule has 1 aliphatic rings. The predicted molar refractivity (Wildman–Crippen MR) is 80.2 cm³/mol. The first-order chi connectivity index (χ1) is 9.63. The van der Waals surface area contributed by atoms with Gasteiger partial charge in [0.1, 0.15) is 12.1 Å². The number of likely N-dealkylation sites (tertiary alicyclic amines) is 1. The van der Waals surface area contributed by atoms with Gasteiger partial charge in [0.2, 0.25) is 0 Å². The van der Waals surface area contributed by atoms with Crippen molar-refractivity contribution < 1.29 is 9.32 Å². The molecule has 0 radical (unpaired) electrons. The Bertz CT molecular complexity index is 681. The van der Waals surface area contributed by atoms with Gasteiger partial charge in [-0.25, -0.2) is 4.79 Å². The second-order valence-corrected chi connectivity index (χ2v) is 6.03. The highest BCUT2D eigenvalue weighted by Crippen LogP contribution is 2.22. The van der Waals surface area contributed by atoms with E-state index in [1.165, 1.54) is 37.9 Å². The van der Waals surface area contributed by atoms with Crippen molar-refractivity contribution >= 4 is 11.0 Å². The molecule has 1 saturated heterocycles. The Kier molecular flexibility index (Phi) is 3.62. The minimum Gasteiger partial charge on any atom is -0.423 e. The first-order valence-electron chi connectivity index (χ1n) is 7.51. The van der Waals surface area contributed by atoms with Gasteiger partial charge in [-0.05, 0) is 50.3 Å². The first-order valence-corrected chi connectivity index (χ1v) is 7.51. The number of hydrogen-bond acceptors (Lipinski definition) is 2. The minimum atomic E-state index is -0.228. The van der Waals surface area contributed by atoms with E-state index >= 15 is 0 Å². The van der Waals surface area contributed by atoms with Crippen LogP contribution in [-0.2, 0) is 6.54 Å². The number of benzene rings is 1. The van der Waals surface area contributed by atoms with Crippen LogP contribution in [0.25, 0.3) is 11.0 Å². The standard InChI is InChI=1S/C17H21NO2/c1-12-8-13(2)17-14(10-16(19)20-15(17)9-12)11-18-6-4-3-5-7-18/h8-10H,3-7,11H2,1-2H3/p+1. The average Bonchev–Trinajstić information content (AvgIpc) is 2.38. The molecule has 20 heavy (non-hydrogen) atoms. The molecule has 1 aliphatic heterocycles. The molecule has 0 saturated carbocycles. The number of piperidine rings is 1. The van der Waals surface area contributed by atoms with Crippen LogP contribution in [0, 0.1) is 13.8 Å². The number of fused-ring (bicyclic) bond motifs is 1. The molecular formula is C17H22NO2+. The molecule has 0 aliphatic carbocycles. The zero-order chi connectivity index (χ0) is 14.1. The second-order valence-electron chi connectivity index (χ2n) is 6.03. The van der Waals surface area contributed by atoms with E-state index in [1.807, 2.05) is 13.0 Å². The predicted octanol–water partition coefficient (Wildman–Crippen LogP) is 1.98. The minimum absolute atomic E-state index is 0.228. The second kappa shape index (κ2) is 5.41. The van der Waals surface area contributed by atoms with Crippen LogP contribution < -0.4 is 10.5 Å². The smallest absolute Gasteiger partial charge is 0.336 e. The first kappa shape index (κ1) is 13.4. The lowest BCUT2D eigenvalue weighted by molar-refractivity contribution is -0.918. The molecular weight excluding hydrogens is 250 g/mol. The molecule has 3 heteroatoms. The Labute approximate surface area is 119 Å². The van der Waals surface area contributed by atoms with Crippen LogP contribution in [0.3, 0.4) is 0 Å². The van der Waals surface area contributed by atoms with Crippen LogP contribution in [0.4, 0.5) is 0 Å². The quantitative estimate of drug-likeness (QED) is 0.848. The maximum Gasteiger partial charge on any atom is 0.336 e. The SMILES string of the molecule is Cc1cc(C)c2c(C[NH+]3CCCCC3)cc(=O)oc2c1. The summed E-state index contributed by atoms with van der Waals surface area (Å²) in [5.74, 6) is 0. The third kappa shape index (κ3) is 2.63. The van der Waals surface area contributed by atoms with Gasteiger partial charge in [0, 0.05) is 17.0 Å². The highest BCUT2D eigenvalue weighted by atomic mass is 16.4. The van der Waals surface area contributed by atoms with Crippen molar-refractivity contribution in [1.82, 2.24) is 0 Å². The summed E-state index contributed by atoms with van der Waals surface area (Å²) in [5, 5.41) is 1.13. The number of hydrogen-bond donors (Lipinski definition) is 1. The highest BCUT2D eigenvalue weighted by molar-refractivity contribution is 5.84. The van der Waals surface area contributed by atoms with Gasteiger partial charge in [0.05, 0.1) is 13.1 Å². The van der Waals surface area contributed by atoms with E-state index in [0.29, 0.717) is 0 Å². The molecule has 106 valence electrons. The monoisotopic (exact) mass is 272 g/mol. The van der Waals surface area contributed by atoms with Gasteiger partial charge in [-0.2, -0.15) is 0 Å². The summed E-state index contributed by atoms with van der Waals surface area (Å²) in [4.78, 5) is 13.4. The highest BCUT2D eigenvalue weighted by Gasteiger charge is 2.17. The molecule has 3 rings (SSSR count). The number of nitrogens with one attached hydrogen (secondary N) is 1. The van der Waals surface area contributed by atoms with Crippen LogP contribution in [0.1, 0.15) is 36.0 Å². The van der Waals surface area contributed by atoms with Crippen LogP contribution in [0.5, 0.6) is 0 Å². The van der Waals surface area contributed by atoms with E-state index in [4.69, 9.17) is 4.42 Å². The fourth-order valence-electron chi connectivity index (χ4n) is 3.41. The normalized spacial score (nSPS) is 16.7. The average molecular weight is 272 g/mol. The molecule has 0 unspecified atom stereocenters. The Hall–Kier alpha value is -1.61.